The minimum atomic E-state index is -0.258. The third-order valence-corrected chi connectivity index (χ3v) is 2.43. The van der Waals surface area contributed by atoms with Gasteiger partial charge in [0.1, 0.15) is 0 Å². The predicted octanol–water partition coefficient (Wildman–Crippen LogP) is 0.417. The van der Waals surface area contributed by atoms with Gasteiger partial charge in [0.25, 0.3) is 5.56 Å². The molecule has 2 rings (SSSR count). The van der Waals surface area contributed by atoms with E-state index in [0.717, 1.165) is 0 Å². The molecule has 0 amide bonds. The monoisotopic (exact) mass is 218 g/mol. The number of aromatic amines is 1. The Labute approximate surface area is 91.0 Å². The first kappa shape index (κ1) is 10.4. The molecular formula is C10H10N4O2. The van der Waals surface area contributed by atoms with E-state index in [1.54, 1.807) is 6.92 Å². The zero-order chi connectivity index (χ0) is 11.7. The van der Waals surface area contributed by atoms with Crippen LogP contribution in [0, 0.1) is 13.5 Å². The molecule has 0 radical (unpaired) electrons. The maximum absolute atomic E-state index is 11.9. The Bertz CT molecular complexity index is 633. The maximum Gasteiger partial charge on any atom is 0.274 e. The Kier molecular flexibility index (Phi) is 2.46. The van der Waals surface area contributed by atoms with E-state index in [1.165, 1.54) is 10.7 Å². The summed E-state index contributed by atoms with van der Waals surface area (Å²) in [5.41, 5.74) is 1.42. The minimum absolute atomic E-state index is 0.0970. The van der Waals surface area contributed by atoms with E-state index < -0.39 is 0 Å². The van der Waals surface area contributed by atoms with Gasteiger partial charge in [0.05, 0.1) is 6.57 Å². The molecule has 0 fully saturated rings. The molecule has 2 N–H and O–H groups in total. The zero-order valence-corrected chi connectivity index (χ0v) is 8.69. The van der Waals surface area contributed by atoms with Gasteiger partial charge in [-0.2, -0.15) is 0 Å². The number of nitrogens with zero attached hydrogens (tertiary/aromatic N) is 3. The van der Waals surface area contributed by atoms with E-state index in [2.05, 4.69) is 14.9 Å². The van der Waals surface area contributed by atoms with E-state index >= 15 is 0 Å². The van der Waals surface area contributed by atoms with Crippen LogP contribution in [0.1, 0.15) is 11.3 Å². The molecule has 0 aliphatic rings. The van der Waals surface area contributed by atoms with Gasteiger partial charge in [-0.1, -0.05) is 0 Å². The van der Waals surface area contributed by atoms with Crippen molar-refractivity contribution in [3.05, 3.63) is 39.2 Å². The molecular weight excluding hydrogens is 208 g/mol. The molecule has 0 aliphatic carbocycles. The van der Waals surface area contributed by atoms with E-state index in [4.69, 9.17) is 11.7 Å². The number of H-pyrrole nitrogens is 1. The zero-order valence-electron chi connectivity index (χ0n) is 8.69. The molecule has 6 nitrogen and oxygen atoms in total. The van der Waals surface area contributed by atoms with E-state index in [9.17, 15) is 4.79 Å². The maximum atomic E-state index is 11.9. The lowest BCUT2D eigenvalue weighted by atomic mass is 10.2. The van der Waals surface area contributed by atoms with Gasteiger partial charge in [0, 0.05) is 30.5 Å². The van der Waals surface area contributed by atoms with Crippen molar-refractivity contribution in [1.29, 1.82) is 0 Å². The Hall–Kier alpha value is -2.13. The van der Waals surface area contributed by atoms with Gasteiger partial charge in [-0.15, -0.1) is 0 Å². The van der Waals surface area contributed by atoms with E-state index in [-0.39, 0.29) is 18.6 Å². The smallest absolute Gasteiger partial charge is 0.274 e. The summed E-state index contributed by atoms with van der Waals surface area (Å²) in [6.07, 6.45) is 1.71. The van der Waals surface area contributed by atoms with Gasteiger partial charge >= 0.3 is 0 Å². The quantitative estimate of drug-likeness (QED) is 0.717. The average molecular weight is 218 g/mol. The molecule has 0 bridgehead atoms. The third kappa shape index (κ3) is 1.38. The second-order valence-corrected chi connectivity index (χ2v) is 3.38. The van der Waals surface area contributed by atoms with Gasteiger partial charge in [-0.05, 0) is 6.92 Å². The number of aromatic nitrogens is 3. The number of aliphatic hydroxyl groups excluding tert-OH is 1. The first-order valence-electron chi connectivity index (χ1n) is 4.77. The van der Waals surface area contributed by atoms with E-state index in [0.29, 0.717) is 22.6 Å². The molecule has 0 saturated heterocycles. The molecule has 2 aromatic heterocycles. The van der Waals surface area contributed by atoms with Crippen molar-refractivity contribution < 1.29 is 5.11 Å². The van der Waals surface area contributed by atoms with Crippen LogP contribution in [-0.2, 0) is 6.42 Å². The van der Waals surface area contributed by atoms with Crippen LogP contribution in [0.25, 0.3) is 10.5 Å². The summed E-state index contributed by atoms with van der Waals surface area (Å²) in [5.74, 6) is 0. The Morgan fingerprint density at radius 3 is 3.06 bits per heavy atom. The van der Waals surface area contributed by atoms with Crippen LogP contribution in [-0.4, -0.2) is 26.3 Å². The summed E-state index contributed by atoms with van der Waals surface area (Å²) in [4.78, 5) is 19.4. The summed E-state index contributed by atoms with van der Waals surface area (Å²) >= 11 is 0. The number of hydrogen-bond acceptors (Lipinski definition) is 3. The Morgan fingerprint density at radius 1 is 1.69 bits per heavy atom. The molecule has 0 atom stereocenters. The van der Waals surface area contributed by atoms with Crippen molar-refractivity contribution in [2.45, 2.75) is 13.3 Å². The van der Waals surface area contributed by atoms with Crippen molar-refractivity contribution in [3.8, 4) is 0 Å². The van der Waals surface area contributed by atoms with Gasteiger partial charge in [0.2, 0.25) is 5.69 Å². The summed E-state index contributed by atoms with van der Waals surface area (Å²) in [7, 11) is 0. The number of hydrogen-bond donors (Lipinski definition) is 2. The fourth-order valence-corrected chi connectivity index (χ4v) is 1.63. The van der Waals surface area contributed by atoms with Crippen molar-refractivity contribution in [2.75, 3.05) is 6.61 Å². The highest BCUT2D eigenvalue weighted by Gasteiger charge is 2.12. The van der Waals surface area contributed by atoms with Crippen LogP contribution < -0.4 is 5.56 Å². The highest BCUT2D eigenvalue weighted by atomic mass is 16.3. The molecule has 0 saturated carbocycles. The number of nitrogens with one attached hydrogen (secondary N) is 1. The van der Waals surface area contributed by atoms with Gasteiger partial charge < -0.3 is 10.2 Å². The van der Waals surface area contributed by atoms with Crippen LogP contribution in [0.2, 0.25) is 0 Å². The fourth-order valence-electron chi connectivity index (χ4n) is 1.63. The van der Waals surface area contributed by atoms with Crippen molar-refractivity contribution in [1.82, 2.24) is 14.6 Å². The minimum Gasteiger partial charge on any atom is -0.396 e. The lowest BCUT2D eigenvalue weighted by Crippen LogP contribution is -2.22. The van der Waals surface area contributed by atoms with Gasteiger partial charge in [-0.3, -0.25) is 4.79 Å². The van der Waals surface area contributed by atoms with Crippen LogP contribution in [0.3, 0.4) is 0 Å². The predicted molar refractivity (Wildman–Crippen MR) is 57.6 cm³/mol. The first-order chi connectivity index (χ1) is 7.69. The van der Waals surface area contributed by atoms with Crippen LogP contribution in [0.15, 0.2) is 11.0 Å². The first-order valence-corrected chi connectivity index (χ1v) is 4.77. The normalized spacial score (nSPS) is 10.6. The molecule has 0 unspecified atom stereocenters. The largest absolute Gasteiger partial charge is 0.396 e. The van der Waals surface area contributed by atoms with E-state index in [1.807, 2.05) is 0 Å². The number of rotatable bonds is 2. The molecule has 0 aromatic carbocycles. The van der Waals surface area contributed by atoms with Gasteiger partial charge in [-0.25, -0.2) is 14.3 Å². The standard InChI is InChI=1S/C10H10N4O2/c1-6-7(3-4-15)10(16)14-9(13-6)8(11-2)5-12-14/h5,12,15H,3-4H2,1H3. The molecule has 0 spiro atoms. The number of aliphatic hydroxyl groups is 1. The summed E-state index contributed by atoms with van der Waals surface area (Å²) in [6.45, 7) is 8.53. The molecule has 16 heavy (non-hydrogen) atoms. The lowest BCUT2D eigenvalue weighted by molar-refractivity contribution is 0.298. The highest BCUT2D eigenvalue weighted by Crippen LogP contribution is 2.17. The Morgan fingerprint density at radius 2 is 2.44 bits per heavy atom. The second kappa shape index (κ2) is 3.79. The third-order valence-electron chi connectivity index (χ3n) is 2.43. The SMILES string of the molecule is [C-]#[N+]c1c[nH]n2c(=O)c(CCO)c(C)nc12. The second-order valence-electron chi connectivity index (χ2n) is 3.38. The lowest BCUT2D eigenvalue weighted by Gasteiger charge is -2.03. The number of fused-ring (bicyclic) bond motifs is 1. The molecule has 2 heterocycles. The molecule has 82 valence electrons. The van der Waals surface area contributed by atoms with Crippen molar-refractivity contribution >= 4 is 11.3 Å². The summed E-state index contributed by atoms with van der Waals surface area (Å²) < 4.78 is 1.23. The number of aryl methyl sites for hydroxylation is 1. The molecule has 2 aromatic rings. The average Bonchev–Trinajstić information content (AvgIpc) is 2.67. The summed E-state index contributed by atoms with van der Waals surface area (Å²) in [5, 5.41) is 11.5. The van der Waals surface area contributed by atoms with Crippen LogP contribution in [0.4, 0.5) is 5.69 Å². The van der Waals surface area contributed by atoms with Crippen LogP contribution in [0.5, 0.6) is 0 Å². The fraction of sp³-hybridized carbons (Fsp3) is 0.300. The topological polar surface area (TPSA) is 74.8 Å². The van der Waals surface area contributed by atoms with Crippen molar-refractivity contribution in [2.24, 2.45) is 0 Å². The Balaban J connectivity index is 2.81. The summed E-state index contributed by atoms with van der Waals surface area (Å²) in [6, 6.07) is 0. The van der Waals surface area contributed by atoms with Crippen molar-refractivity contribution in [3.63, 3.8) is 0 Å². The highest BCUT2D eigenvalue weighted by molar-refractivity contribution is 5.67. The molecule has 0 aliphatic heterocycles. The van der Waals surface area contributed by atoms with Crippen LogP contribution >= 0.6 is 0 Å². The van der Waals surface area contributed by atoms with Gasteiger partial charge in [0.15, 0.2) is 5.65 Å². The molecule has 6 heteroatoms.